The highest BCUT2D eigenvalue weighted by molar-refractivity contribution is 7.18. The van der Waals surface area contributed by atoms with Crippen molar-refractivity contribution in [1.29, 1.82) is 0 Å². The third-order valence-electron chi connectivity index (χ3n) is 4.66. The van der Waals surface area contributed by atoms with Crippen LogP contribution >= 0.6 is 22.9 Å². The molecule has 1 aromatic carbocycles. The summed E-state index contributed by atoms with van der Waals surface area (Å²) in [4.78, 5) is 25.6. The van der Waals surface area contributed by atoms with Gasteiger partial charge in [0, 0.05) is 18.3 Å². The maximum atomic E-state index is 13.0. The fraction of sp³-hybridized carbons (Fsp3) is 0.294. The molecule has 4 unspecified atom stereocenters. The van der Waals surface area contributed by atoms with Gasteiger partial charge in [0.1, 0.15) is 0 Å². The first kappa shape index (κ1) is 15.8. The van der Waals surface area contributed by atoms with Crippen LogP contribution in [-0.2, 0) is 4.79 Å². The zero-order chi connectivity index (χ0) is 16.7. The normalized spacial score (nSPS) is 29.1. The number of carbonyl (C=O) groups is 2. The van der Waals surface area contributed by atoms with Crippen LogP contribution in [0.5, 0.6) is 0 Å². The fourth-order valence-corrected chi connectivity index (χ4v) is 4.64. The number of rotatable bonds is 3. The molecule has 4 atom stereocenters. The van der Waals surface area contributed by atoms with E-state index in [2.05, 4.69) is 16.2 Å². The van der Waals surface area contributed by atoms with E-state index in [0.717, 1.165) is 5.56 Å². The molecule has 3 N–H and O–H groups in total. The molecule has 2 aliphatic rings. The minimum absolute atomic E-state index is 0.0109. The number of halogens is 1. The molecule has 24 heavy (non-hydrogen) atoms. The van der Waals surface area contributed by atoms with Crippen LogP contribution in [0.4, 0.5) is 0 Å². The summed E-state index contributed by atoms with van der Waals surface area (Å²) >= 11 is 7.24. The van der Waals surface area contributed by atoms with Gasteiger partial charge in [-0.05, 0) is 17.7 Å². The third kappa shape index (κ3) is 2.75. The van der Waals surface area contributed by atoms with Crippen LogP contribution in [0, 0.1) is 11.8 Å². The molecule has 7 heteroatoms. The molecule has 2 aliphatic heterocycles. The average Bonchev–Trinajstić information content (AvgIpc) is 3.20. The van der Waals surface area contributed by atoms with Gasteiger partial charge in [0.15, 0.2) is 5.78 Å². The molecule has 2 aromatic rings. The van der Waals surface area contributed by atoms with Gasteiger partial charge < -0.3 is 5.32 Å². The highest BCUT2D eigenvalue weighted by Gasteiger charge is 2.49. The number of piperidine rings is 1. The van der Waals surface area contributed by atoms with E-state index in [4.69, 9.17) is 11.6 Å². The molecule has 1 amide bonds. The molecule has 0 saturated carbocycles. The van der Waals surface area contributed by atoms with E-state index in [1.165, 1.54) is 11.3 Å². The highest BCUT2D eigenvalue weighted by atomic mass is 35.5. The Balaban J connectivity index is 1.68. The Morgan fingerprint density at radius 1 is 1.12 bits per heavy atom. The van der Waals surface area contributed by atoms with Crippen LogP contribution in [0.25, 0.3) is 0 Å². The zero-order valence-electron chi connectivity index (χ0n) is 12.7. The lowest BCUT2D eigenvalue weighted by Gasteiger charge is -2.34. The number of fused-ring (bicyclic) bond motifs is 1. The van der Waals surface area contributed by atoms with Crippen LogP contribution in [0.1, 0.15) is 27.7 Å². The SMILES string of the molecule is O=C1CC(C(=O)c2ccc(Cl)s2)C2C(NNC2c2ccccc2)N1. The lowest BCUT2D eigenvalue weighted by Crippen LogP contribution is -2.54. The number of Topliss-reactive ketones (excluding diaryl/α,β-unsaturated/α-hetero) is 1. The van der Waals surface area contributed by atoms with Crippen molar-refractivity contribution in [3.63, 3.8) is 0 Å². The van der Waals surface area contributed by atoms with Crippen molar-refractivity contribution in [2.45, 2.75) is 18.6 Å². The Morgan fingerprint density at radius 3 is 2.62 bits per heavy atom. The highest BCUT2D eigenvalue weighted by Crippen LogP contribution is 2.40. The summed E-state index contributed by atoms with van der Waals surface area (Å²) in [5, 5.41) is 2.93. The number of hydrazine groups is 1. The molecule has 0 bridgehead atoms. The van der Waals surface area contributed by atoms with Crippen molar-refractivity contribution >= 4 is 34.6 Å². The fourth-order valence-electron chi connectivity index (χ4n) is 3.59. The van der Waals surface area contributed by atoms with Crippen LogP contribution < -0.4 is 16.2 Å². The van der Waals surface area contributed by atoms with Gasteiger partial charge in [-0.15, -0.1) is 11.3 Å². The van der Waals surface area contributed by atoms with E-state index >= 15 is 0 Å². The standard InChI is InChI=1S/C17H16ClN3O2S/c18-12-7-6-11(24-12)16(23)10-8-13(22)19-17-14(10)15(20-21-17)9-4-2-1-3-5-9/h1-7,10,14-15,17,20-21H,8H2,(H,19,22). The maximum Gasteiger partial charge on any atom is 0.222 e. The maximum absolute atomic E-state index is 13.0. The lowest BCUT2D eigenvalue weighted by atomic mass is 9.75. The molecule has 5 nitrogen and oxygen atoms in total. The quantitative estimate of drug-likeness (QED) is 0.735. The number of hydrogen-bond acceptors (Lipinski definition) is 5. The number of carbonyl (C=O) groups excluding carboxylic acids is 2. The van der Waals surface area contributed by atoms with Crippen molar-refractivity contribution < 1.29 is 9.59 Å². The molecule has 1 aromatic heterocycles. The molecular formula is C17H16ClN3O2S. The Bertz CT molecular complexity index is 779. The predicted octanol–water partition coefficient (Wildman–Crippen LogP) is 2.51. The molecule has 2 saturated heterocycles. The van der Waals surface area contributed by atoms with Crippen molar-refractivity contribution in [3.05, 3.63) is 57.2 Å². The van der Waals surface area contributed by atoms with Crippen LogP contribution in [0.15, 0.2) is 42.5 Å². The predicted molar refractivity (Wildman–Crippen MR) is 92.6 cm³/mol. The second-order valence-corrected chi connectivity index (χ2v) is 7.79. The van der Waals surface area contributed by atoms with Crippen molar-refractivity contribution in [2.24, 2.45) is 11.8 Å². The number of hydrogen-bond donors (Lipinski definition) is 3. The monoisotopic (exact) mass is 361 g/mol. The lowest BCUT2D eigenvalue weighted by molar-refractivity contribution is -0.125. The van der Waals surface area contributed by atoms with Crippen molar-refractivity contribution in [2.75, 3.05) is 0 Å². The topological polar surface area (TPSA) is 70.2 Å². The Labute approximate surface area is 148 Å². The molecule has 4 rings (SSSR count). The van der Waals surface area contributed by atoms with E-state index in [9.17, 15) is 9.59 Å². The number of nitrogens with one attached hydrogen (secondary N) is 3. The van der Waals surface area contributed by atoms with Crippen LogP contribution in [0.2, 0.25) is 4.34 Å². The second-order valence-electron chi connectivity index (χ2n) is 6.08. The van der Waals surface area contributed by atoms with Gasteiger partial charge in [0.25, 0.3) is 0 Å². The van der Waals surface area contributed by atoms with Gasteiger partial charge >= 0.3 is 0 Å². The van der Waals surface area contributed by atoms with E-state index < -0.39 is 0 Å². The smallest absolute Gasteiger partial charge is 0.222 e. The number of benzene rings is 1. The van der Waals surface area contributed by atoms with Crippen molar-refractivity contribution in [1.82, 2.24) is 16.2 Å². The number of thiophene rings is 1. The van der Waals surface area contributed by atoms with Crippen molar-refractivity contribution in [3.8, 4) is 0 Å². The van der Waals surface area contributed by atoms with Gasteiger partial charge in [-0.25, -0.2) is 10.9 Å². The minimum atomic E-state index is -0.383. The Kier molecular flexibility index (Phi) is 4.14. The number of ketones is 1. The summed E-state index contributed by atoms with van der Waals surface area (Å²) in [5.74, 6) is -0.562. The molecule has 3 heterocycles. The van der Waals surface area contributed by atoms with E-state index in [-0.39, 0.29) is 42.2 Å². The largest absolute Gasteiger partial charge is 0.339 e. The Morgan fingerprint density at radius 2 is 1.92 bits per heavy atom. The molecule has 2 fully saturated rings. The van der Waals surface area contributed by atoms with Gasteiger partial charge in [-0.1, -0.05) is 41.9 Å². The summed E-state index contributed by atoms with van der Waals surface area (Å²) < 4.78 is 0.581. The van der Waals surface area contributed by atoms with E-state index in [1.807, 2.05) is 30.3 Å². The summed E-state index contributed by atoms with van der Waals surface area (Å²) in [6.45, 7) is 0. The van der Waals surface area contributed by atoms with E-state index in [0.29, 0.717) is 9.21 Å². The zero-order valence-corrected chi connectivity index (χ0v) is 14.2. The Hall–Kier alpha value is -1.73. The summed E-state index contributed by atoms with van der Waals surface area (Å²) in [6, 6.07) is 13.4. The van der Waals surface area contributed by atoms with E-state index in [1.54, 1.807) is 12.1 Å². The summed E-state index contributed by atoms with van der Waals surface area (Å²) in [6.07, 6.45) is -0.0665. The van der Waals surface area contributed by atoms with Gasteiger partial charge in [-0.3, -0.25) is 9.59 Å². The first-order valence-electron chi connectivity index (χ1n) is 7.78. The average molecular weight is 362 g/mol. The van der Waals surface area contributed by atoms with Crippen LogP contribution in [0.3, 0.4) is 0 Å². The molecule has 0 aliphatic carbocycles. The first-order chi connectivity index (χ1) is 11.6. The molecule has 0 spiro atoms. The van der Waals surface area contributed by atoms with Gasteiger partial charge in [0.2, 0.25) is 5.91 Å². The first-order valence-corrected chi connectivity index (χ1v) is 8.98. The molecular weight excluding hydrogens is 346 g/mol. The molecule has 124 valence electrons. The van der Waals surface area contributed by atoms with Gasteiger partial charge in [-0.2, -0.15) is 0 Å². The third-order valence-corrected chi connectivity index (χ3v) is 5.91. The number of amides is 1. The second kappa shape index (κ2) is 6.29. The molecule has 0 radical (unpaired) electrons. The minimum Gasteiger partial charge on any atom is -0.339 e. The summed E-state index contributed by atoms with van der Waals surface area (Å²) in [5.41, 5.74) is 7.45. The summed E-state index contributed by atoms with van der Waals surface area (Å²) in [7, 11) is 0. The van der Waals surface area contributed by atoms with Gasteiger partial charge in [0.05, 0.1) is 21.4 Å². The van der Waals surface area contributed by atoms with Crippen LogP contribution in [-0.4, -0.2) is 17.9 Å².